The second-order valence-electron chi connectivity index (χ2n) is 5.67. The van der Waals surface area contributed by atoms with E-state index in [0.29, 0.717) is 12.1 Å². The van der Waals surface area contributed by atoms with Crippen LogP contribution in [-0.4, -0.2) is 43.3 Å². The molecule has 2 fully saturated rings. The topological polar surface area (TPSA) is 38.5 Å². The standard InChI is InChI=1S/C14H28N2O/c1-2-16(11-13-6-4-10-17-13)9-8-12-5-3-7-14(12)15/h12-14H,2-11,15H2,1H3. The molecule has 2 N–H and O–H groups in total. The number of nitrogens with two attached hydrogens (primary N) is 1. The molecule has 3 unspecified atom stereocenters. The molecule has 2 rings (SSSR count). The Morgan fingerprint density at radius 3 is 2.71 bits per heavy atom. The van der Waals surface area contributed by atoms with Crippen LogP contribution in [0.3, 0.4) is 0 Å². The normalized spacial score (nSPS) is 33.7. The van der Waals surface area contributed by atoms with Gasteiger partial charge in [0, 0.05) is 19.2 Å². The highest BCUT2D eigenvalue weighted by Gasteiger charge is 2.25. The smallest absolute Gasteiger partial charge is 0.0702 e. The van der Waals surface area contributed by atoms with Gasteiger partial charge in [-0.25, -0.2) is 0 Å². The van der Waals surface area contributed by atoms with Crippen molar-refractivity contribution in [3.8, 4) is 0 Å². The molecule has 1 aliphatic carbocycles. The number of hydrogen-bond acceptors (Lipinski definition) is 3. The molecule has 0 radical (unpaired) electrons. The minimum absolute atomic E-state index is 0.469. The van der Waals surface area contributed by atoms with Crippen LogP contribution < -0.4 is 5.73 Å². The molecule has 1 saturated carbocycles. The van der Waals surface area contributed by atoms with Crippen molar-refractivity contribution in [1.82, 2.24) is 4.90 Å². The summed E-state index contributed by atoms with van der Waals surface area (Å²) in [7, 11) is 0. The Hall–Kier alpha value is -0.120. The molecule has 1 saturated heterocycles. The summed E-state index contributed by atoms with van der Waals surface area (Å²) in [5.74, 6) is 0.772. The average molecular weight is 240 g/mol. The van der Waals surface area contributed by atoms with E-state index in [9.17, 15) is 0 Å². The molecule has 3 heteroatoms. The van der Waals surface area contributed by atoms with Gasteiger partial charge in [-0.05, 0) is 51.1 Å². The van der Waals surface area contributed by atoms with Crippen LogP contribution in [0.2, 0.25) is 0 Å². The zero-order valence-corrected chi connectivity index (χ0v) is 11.2. The predicted octanol–water partition coefficient (Wildman–Crippen LogP) is 2.00. The lowest BCUT2D eigenvalue weighted by Gasteiger charge is -2.26. The lowest BCUT2D eigenvalue weighted by molar-refractivity contribution is 0.0727. The second kappa shape index (κ2) is 6.72. The van der Waals surface area contributed by atoms with Crippen molar-refractivity contribution in [2.45, 2.75) is 57.6 Å². The molecule has 0 aromatic rings. The molecule has 0 aromatic carbocycles. The fourth-order valence-electron chi connectivity index (χ4n) is 3.23. The summed E-state index contributed by atoms with van der Waals surface area (Å²) in [5, 5.41) is 0. The molecule has 1 heterocycles. The number of ether oxygens (including phenoxy) is 1. The van der Waals surface area contributed by atoms with Crippen LogP contribution in [0.1, 0.15) is 45.4 Å². The van der Waals surface area contributed by atoms with E-state index in [0.717, 1.165) is 25.6 Å². The van der Waals surface area contributed by atoms with Gasteiger partial charge >= 0.3 is 0 Å². The highest BCUT2D eigenvalue weighted by molar-refractivity contribution is 4.81. The minimum atomic E-state index is 0.469. The van der Waals surface area contributed by atoms with E-state index in [1.165, 1.54) is 45.1 Å². The third-order valence-electron chi connectivity index (χ3n) is 4.47. The average Bonchev–Trinajstić information content (AvgIpc) is 2.96. The van der Waals surface area contributed by atoms with Gasteiger partial charge in [-0.3, -0.25) is 0 Å². The van der Waals surface area contributed by atoms with Crippen LogP contribution in [-0.2, 0) is 4.74 Å². The van der Waals surface area contributed by atoms with Crippen molar-refractivity contribution in [3.63, 3.8) is 0 Å². The van der Waals surface area contributed by atoms with Gasteiger partial charge in [0.1, 0.15) is 0 Å². The van der Waals surface area contributed by atoms with Crippen molar-refractivity contribution in [1.29, 1.82) is 0 Å². The van der Waals surface area contributed by atoms with Crippen molar-refractivity contribution in [2.24, 2.45) is 11.7 Å². The van der Waals surface area contributed by atoms with Gasteiger partial charge < -0.3 is 15.4 Å². The summed E-state index contributed by atoms with van der Waals surface area (Å²) < 4.78 is 5.71. The van der Waals surface area contributed by atoms with E-state index in [2.05, 4.69) is 11.8 Å². The van der Waals surface area contributed by atoms with Crippen LogP contribution in [0.15, 0.2) is 0 Å². The molecule has 0 spiro atoms. The molecule has 100 valence electrons. The molecular formula is C14H28N2O. The minimum Gasteiger partial charge on any atom is -0.377 e. The molecule has 0 aromatic heterocycles. The molecule has 0 amide bonds. The highest BCUT2D eigenvalue weighted by Crippen LogP contribution is 2.27. The maximum absolute atomic E-state index is 6.13. The zero-order valence-electron chi connectivity index (χ0n) is 11.2. The first-order chi connectivity index (χ1) is 8.29. The Labute approximate surface area is 106 Å². The first kappa shape index (κ1) is 13.3. The van der Waals surface area contributed by atoms with Crippen LogP contribution in [0, 0.1) is 5.92 Å². The Bertz CT molecular complexity index is 216. The van der Waals surface area contributed by atoms with E-state index >= 15 is 0 Å². The van der Waals surface area contributed by atoms with E-state index in [1.54, 1.807) is 0 Å². The van der Waals surface area contributed by atoms with Crippen molar-refractivity contribution in [2.75, 3.05) is 26.2 Å². The van der Waals surface area contributed by atoms with E-state index in [-0.39, 0.29) is 0 Å². The molecule has 0 bridgehead atoms. The number of rotatable bonds is 6. The molecule has 3 nitrogen and oxygen atoms in total. The number of nitrogens with zero attached hydrogens (tertiary/aromatic N) is 1. The van der Waals surface area contributed by atoms with Crippen molar-refractivity contribution >= 4 is 0 Å². The summed E-state index contributed by atoms with van der Waals surface area (Å²) in [5.41, 5.74) is 6.13. The first-order valence-electron chi connectivity index (χ1n) is 7.39. The van der Waals surface area contributed by atoms with Gasteiger partial charge in [-0.2, -0.15) is 0 Å². The van der Waals surface area contributed by atoms with Gasteiger partial charge in [0.25, 0.3) is 0 Å². The second-order valence-corrected chi connectivity index (χ2v) is 5.67. The predicted molar refractivity (Wildman–Crippen MR) is 71.0 cm³/mol. The molecule has 17 heavy (non-hydrogen) atoms. The number of likely N-dealkylation sites (N-methyl/N-ethyl adjacent to an activating group) is 1. The van der Waals surface area contributed by atoms with Gasteiger partial charge in [-0.15, -0.1) is 0 Å². The van der Waals surface area contributed by atoms with Gasteiger partial charge in [0.05, 0.1) is 6.10 Å². The SMILES string of the molecule is CCN(CCC1CCCC1N)CC1CCCO1. The van der Waals surface area contributed by atoms with E-state index < -0.39 is 0 Å². The van der Waals surface area contributed by atoms with Gasteiger partial charge in [-0.1, -0.05) is 13.3 Å². The zero-order chi connectivity index (χ0) is 12.1. The third kappa shape index (κ3) is 3.94. The van der Waals surface area contributed by atoms with Crippen molar-refractivity contribution in [3.05, 3.63) is 0 Å². The summed E-state index contributed by atoms with van der Waals surface area (Å²) in [6, 6.07) is 0.469. The lowest BCUT2D eigenvalue weighted by atomic mass is 10.00. The van der Waals surface area contributed by atoms with E-state index in [4.69, 9.17) is 10.5 Å². The Morgan fingerprint density at radius 1 is 1.24 bits per heavy atom. The monoisotopic (exact) mass is 240 g/mol. The van der Waals surface area contributed by atoms with Crippen LogP contribution in [0.5, 0.6) is 0 Å². The quantitative estimate of drug-likeness (QED) is 0.772. The van der Waals surface area contributed by atoms with Crippen LogP contribution >= 0.6 is 0 Å². The lowest BCUT2D eigenvalue weighted by Crippen LogP contribution is -2.35. The third-order valence-corrected chi connectivity index (χ3v) is 4.47. The summed E-state index contributed by atoms with van der Waals surface area (Å²) in [6.45, 7) is 6.69. The van der Waals surface area contributed by atoms with Crippen molar-refractivity contribution < 1.29 is 4.74 Å². The first-order valence-corrected chi connectivity index (χ1v) is 7.39. The molecule has 2 aliphatic rings. The molecule has 3 atom stereocenters. The molecule has 1 aliphatic heterocycles. The largest absolute Gasteiger partial charge is 0.377 e. The summed E-state index contributed by atoms with van der Waals surface area (Å²) in [4.78, 5) is 2.54. The van der Waals surface area contributed by atoms with Crippen LogP contribution in [0.4, 0.5) is 0 Å². The van der Waals surface area contributed by atoms with Gasteiger partial charge in [0.2, 0.25) is 0 Å². The Morgan fingerprint density at radius 2 is 2.12 bits per heavy atom. The Kier molecular flexibility index (Phi) is 5.26. The van der Waals surface area contributed by atoms with Gasteiger partial charge in [0.15, 0.2) is 0 Å². The number of hydrogen-bond donors (Lipinski definition) is 1. The fraction of sp³-hybridized carbons (Fsp3) is 1.00. The summed E-state index contributed by atoms with van der Waals surface area (Å²) in [6.07, 6.45) is 8.19. The molecular weight excluding hydrogens is 212 g/mol. The maximum atomic E-state index is 6.13. The van der Waals surface area contributed by atoms with E-state index in [1.807, 2.05) is 0 Å². The summed E-state index contributed by atoms with van der Waals surface area (Å²) >= 11 is 0. The maximum Gasteiger partial charge on any atom is 0.0702 e. The van der Waals surface area contributed by atoms with Crippen LogP contribution in [0.25, 0.3) is 0 Å². The fourth-order valence-corrected chi connectivity index (χ4v) is 3.23. The highest BCUT2D eigenvalue weighted by atomic mass is 16.5. The Balaban J connectivity index is 1.67.